The summed E-state index contributed by atoms with van der Waals surface area (Å²) in [6.45, 7) is 3.22. The molecule has 9 heteroatoms. The van der Waals surface area contributed by atoms with Crippen LogP contribution in [0.3, 0.4) is 0 Å². The Morgan fingerprint density at radius 2 is 1.92 bits per heavy atom. The molecule has 1 fully saturated rings. The van der Waals surface area contributed by atoms with E-state index in [1.807, 2.05) is 6.92 Å². The molecule has 3 rings (SSSR count). The summed E-state index contributed by atoms with van der Waals surface area (Å²) in [5, 5.41) is 6.94. The molecule has 1 aromatic heterocycles. The summed E-state index contributed by atoms with van der Waals surface area (Å²) in [6, 6.07) is 6.89. The van der Waals surface area contributed by atoms with Gasteiger partial charge >= 0.3 is 0 Å². The predicted octanol–water partition coefficient (Wildman–Crippen LogP) is 0.946. The number of rotatable bonds is 6. The fraction of sp³-hybridized carbons (Fsp3) is 0.471. The van der Waals surface area contributed by atoms with Crippen molar-refractivity contribution in [1.29, 1.82) is 0 Å². The first-order chi connectivity index (χ1) is 12.4. The number of carbonyl (C=O) groups is 1. The Labute approximate surface area is 153 Å². The average molecular weight is 377 g/mol. The minimum atomic E-state index is -3.47. The Morgan fingerprint density at radius 3 is 2.54 bits per heavy atom. The summed E-state index contributed by atoms with van der Waals surface area (Å²) < 4.78 is 28.5. The molecule has 1 aliphatic heterocycles. The largest absolute Gasteiger partial charge is 0.353 e. The number of aryl methyl sites for hydroxylation is 2. The van der Waals surface area contributed by atoms with Gasteiger partial charge in [-0.1, -0.05) is 17.7 Å². The molecular weight excluding hydrogens is 354 g/mol. The van der Waals surface area contributed by atoms with E-state index >= 15 is 0 Å². The van der Waals surface area contributed by atoms with E-state index in [4.69, 9.17) is 0 Å². The van der Waals surface area contributed by atoms with Gasteiger partial charge in [0.25, 0.3) is 0 Å². The number of hydrogen-bond acceptors (Lipinski definition) is 5. The van der Waals surface area contributed by atoms with Gasteiger partial charge in [0, 0.05) is 25.6 Å². The van der Waals surface area contributed by atoms with Gasteiger partial charge in [0.2, 0.25) is 15.9 Å². The third-order valence-corrected chi connectivity index (χ3v) is 6.43. The molecule has 1 amide bonds. The lowest BCUT2D eigenvalue weighted by Crippen LogP contribution is -2.46. The summed E-state index contributed by atoms with van der Waals surface area (Å²) in [5.74, 6) is -0.0552. The molecule has 2 aromatic rings. The average Bonchev–Trinajstić information content (AvgIpc) is 3.14. The van der Waals surface area contributed by atoms with E-state index < -0.39 is 10.0 Å². The summed E-state index contributed by atoms with van der Waals surface area (Å²) in [6.07, 6.45) is 4.55. The molecule has 8 nitrogen and oxygen atoms in total. The van der Waals surface area contributed by atoms with Crippen molar-refractivity contribution in [3.63, 3.8) is 0 Å². The Morgan fingerprint density at radius 1 is 1.23 bits per heavy atom. The minimum Gasteiger partial charge on any atom is -0.353 e. The van der Waals surface area contributed by atoms with Crippen molar-refractivity contribution in [2.75, 3.05) is 13.1 Å². The molecule has 1 aromatic carbocycles. The van der Waals surface area contributed by atoms with Crippen LogP contribution in [0.15, 0.2) is 41.8 Å². The first-order valence-electron chi connectivity index (χ1n) is 8.64. The van der Waals surface area contributed by atoms with Crippen LogP contribution in [-0.2, 0) is 21.4 Å². The van der Waals surface area contributed by atoms with Crippen molar-refractivity contribution < 1.29 is 13.2 Å². The van der Waals surface area contributed by atoms with Crippen molar-refractivity contribution in [1.82, 2.24) is 24.4 Å². The number of amides is 1. The molecule has 0 unspecified atom stereocenters. The number of nitrogens with one attached hydrogen (secondary N) is 1. The van der Waals surface area contributed by atoms with Crippen LogP contribution in [0.2, 0.25) is 0 Å². The lowest BCUT2D eigenvalue weighted by molar-refractivity contribution is -0.122. The summed E-state index contributed by atoms with van der Waals surface area (Å²) >= 11 is 0. The van der Waals surface area contributed by atoms with E-state index in [2.05, 4.69) is 15.4 Å². The highest BCUT2D eigenvalue weighted by Crippen LogP contribution is 2.21. The third kappa shape index (κ3) is 4.47. The van der Waals surface area contributed by atoms with Crippen molar-refractivity contribution in [3.8, 4) is 0 Å². The Kier molecular flexibility index (Phi) is 5.67. The highest BCUT2D eigenvalue weighted by molar-refractivity contribution is 7.89. The fourth-order valence-electron chi connectivity index (χ4n) is 2.96. The quantitative estimate of drug-likeness (QED) is 0.808. The van der Waals surface area contributed by atoms with Crippen LogP contribution in [0.5, 0.6) is 0 Å². The number of carbonyl (C=O) groups excluding carboxylic acids is 1. The number of nitrogens with zero attached hydrogens (tertiary/aromatic N) is 4. The summed E-state index contributed by atoms with van der Waals surface area (Å²) in [4.78, 5) is 16.2. The predicted molar refractivity (Wildman–Crippen MR) is 95.7 cm³/mol. The number of benzene rings is 1. The SMILES string of the molecule is Cc1ccc(S(=O)(=O)N2CCC(NC(=O)CCn3cncn3)CC2)cc1. The molecular formula is C17H23N5O3S. The van der Waals surface area contributed by atoms with Gasteiger partial charge in [0.1, 0.15) is 12.7 Å². The third-order valence-electron chi connectivity index (χ3n) is 4.51. The molecule has 0 aliphatic carbocycles. The first kappa shape index (κ1) is 18.5. The molecule has 0 bridgehead atoms. The lowest BCUT2D eigenvalue weighted by atomic mass is 10.1. The van der Waals surface area contributed by atoms with E-state index in [1.54, 1.807) is 35.3 Å². The van der Waals surface area contributed by atoms with Crippen LogP contribution in [0.4, 0.5) is 0 Å². The van der Waals surface area contributed by atoms with Gasteiger partial charge in [-0.15, -0.1) is 0 Å². The van der Waals surface area contributed by atoms with E-state index in [-0.39, 0.29) is 11.9 Å². The molecule has 1 N–H and O–H groups in total. The zero-order valence-electron chi connectivity index (χ0n) is 14.7. The molecule has 140 valence electrons. The minimum absolute atomic E-state index is 0.00251. The number of aromatic nitrogens is 3. The number of hydrogen-bond donors (Lipinski definition) is 1. The van der Waals surface area contributed by atoms with Gasteiger partial charge in [0.05, 0.1) is 11.4 Å². The highest BCUT2D eigenvalue weighted by atomic mass is 32.2. The van der Waals surface area contributed by atoms with E-state index in [0.717, 1.165) is 5.56 Å². The molecule has 0 spiro atoms. The summed E-state index contributed by atoms with van der Waals surface area (Å²) in [7, 11) is -3.47. The maximum absolute atomic E-state index is 12.7. The van der Waals surface area contributed by atoms with E-state index in [0.29, 0.717) is 43.8 Å². The zero-order valence-corrected chi connectivity index (χ0v) is 15.5. The van der Waals surface area contributed by atoms with E-state index in [9.17, 15) is 13.2 Å². The molecule has 0 radical (unpaired) electrons. The fourth-order valence-corrected chi connectivity index (χ4v) is 4.43. The monoisotopic (exact) mass is 377 g/mol. The van der Waals surface area contributed by atoms with Crippen LogP contribution < -0.4 is 5.32 Å². The van der Waals surface area contributed by atoms with Crippen molar-refractivity contribution in [2.24, 2.45) is 0 Å². The number of piperidine rings is 1. The first-order valence-corrected chi connectivity index (χ1v) is 10.1. The zero-order chi connectivity index (χ0) is 18.6. The van der Waals surface area contributed by atoms with Crippen LogP contribution in [-0.4, -0.2) is 52.5 Å². The normalized spacial score (nSPS) is 16.5. The highest BCUT2D eigenvalue weighted by Gasteiger charge is 2.29. The van der Waals surface area contributed by atoms with Gasteiger partial charge in [-0.2, -0.15) is 9.40 Å². The Hall–Kier alpha value is -2.26. The molecule has 0 atom stereocenters. The molecule has 1 aliphatic rings. The molecule has 1 saturated heterocycles. The van der Waals surface area contributed by atoms with Gasteiger partial charge in [-0.25, -0.2) is 13.4 Å². The standard InChI is InChI=1S/C17H23N5O3S/c1-14-2-4-16(5-3-14)26(24,25)22-10-6-15(7-11-22)20-17(23)8-9-21-13-18-12-19-21/h2-5,12-13,15H,6-11H2,1H3,(H,20,23). The van der Waals surface area contributed by atoms with Crippen molar-refractivity contribution >= 4 is 15.9 Å². The lowest BCUT2D eigenvalue weighted by Gasteiger charge is -2.31. The van der Waals surface area contributed by atoms with Crippen molar-refractivity contribution in [3.05, 3.63) is 42.5 Å². The Balaban J connectivity index is 1.49. The van der Waals surface area contributed by atoms with Gasteiger partial charge in [0.15, 0.2) is 0 Å². The van der Waals surface area contributed by atoms with Gasteiger partial charge < -0.3 is 5.32 Å². The van der Waals surface area contributed by atoms with Crippen LogP contribution >= 0.6 is 0 Å². The van der Waals surface area contributed by atoms with Crippen molar-refractivity contribution in [2.45, 2.75) is 43.7 Å². The molecule has 2 heterocycles. The maximum atomic E-state index is 12.7. The topological polar surface area (TPSA) is 97.2 Å². The van der Waals surface area contributed by atoms with Crippen LogP contribution in [0, 0.1) is 6.92 Å². The van der Waals surface area contributed by atoms with Gasteiger partial charge in [-0.05, 0) is 31.9 Å². The molecule has 0 saturated carbocycles. The molecule has 26 heavy (non-hydrogen) atoms. The van der Waals surface area contributed by atoms with Crippen LogP contribution in [0.25, 0.3) is 0 Å². The van der Waals surface area contributed by atoms with Gasteiger partial charge in [-0.3, -0.25) is 9.48 Å². The smallest absolute Gasteiger partial charge is 0.243 e. The van der Waals surface area contributed by atoms with Crippen LogP contribution in [0.1, 0.15) is 24.8 Å². The summed E-state index contributed by atoms with van der Waals surface area (Å²) in [5.41, 5.74) is 1.02. The second-order valence-corrected chi connectivity index (χ2v) is 8.41. The second-order valence-electron chi connectivity index (χ2n) is 6.47. The number of sulfonamides is 1. The second kappa shape index (κ2) is 7.96. The van der Waals surface area contributed by atoms with E-state index in [1.165, 1.54) is 10.6 Å². The maximum Gasteiger partial charge on any atom is 0.243 e. The Bertz CT molecular complexity index is 826.